The molecule has 1 heterocycles. The van der Waals surface area contributed by atoms with E-state index in [1.165, 1.54) is 6.07 Å². The highest BCUT2D eigenvalue weighted by Gasteiger charge is 2.43. The van der Waals surface area contributed by atoms with Crippen LogP contribution in [-0.4, -0.2) is 45.3 Å². The lowest BCUT2D eigenvalue weighted by molar-refractivity contribution is 0.0292. The van der Waals surface area contributed by atoms with E-state index in [2.05, 4.69) is 4.18 Å². The van der Waals surface area contributed by atoms with Crippen LogP contribution in [0.1, 0.15) is 22.0 Å². The molecule has 0 amide bonds. The molecular weight excluding hydrogens is 372 g/mol. The van der Waals surface area contributed by atoms with Crippen LogP contribution in [0.15, 0.2) is 30.3 Å². The van der Waals surface area contributed by atoms with E-state index in [1.807, 2.05) is 0 Å². The van der Waals surface area contributed by atoms with Gasteiger partial charge >= 0.3 is 10.4 Å². The van der Waals surface area contributed by atoms with E-state index in [9.17, 15) is 33.6 Å². The van der Waals surface area contributed by atoms with E-state index in [0.29, 0.717) is 0 Å². The van der Waals surface area contributed by atoms with Gasteiger partial charge in [0.1, 0.15) is 22.8 Å². The topological polar surface area (TPSA) is 171 Å². The van der Waals surface area contributed by atoms with E-state index >= 15 is 0 Å². The van der Waals surface area contributed by atoms with Crippen molar-refractivity contribution in [3.63, 3.8) is 0 Å². The average Bonchev–Trinajstić information content (AvgIpc) is 2.50. The molecule has 0 spiro atoms. The molecule has 5 N–H and O–H groups in total. The molecule has 0 radical (unpaired) electrons. The molecule has 138 valence electrons. The molecule has 0 saturated carbocycles. The molecule has 1 aliphatic heterocycles. The third-order valence-electron chi connectivity index (χ3n) is 3.65. The van der Waals surface area contributed by atoms with Gasteiger partial charge in [0.05, 0.1) is 0 Å². The van der Waals surface area contributed by atoms with Gasteiger partial charge in [-0.05, 0) is 17.7 Å². The number of carbonyl (C=O) groups excluding carboxylic acids is 1. The third kappa shape index (κ3) is 3.22. The summed E-state index contributed by atoms with van der Waals surface area (Å²) in [5.41, 5.74) is -0.425. The zero-order valence-corrected chi connectivity index (χ0v) is 13.5. The number of Topliss-reactive ketones (excluding diaryl/α,β-unsaturated/α-hetero) is 1. The van der Waals surface area contributed by atoms with Crippen molar-refractivity contribution in [2.45, 2.75) is 12.2 Å². The highest BCUT2D eigenvalue weighted by molar-refractivity contribution is 7.80. The lowest BCUT2D eigenvalue weighted by Gasteiger charge is -2.31. The van der Waals surface area contributed by atoms with Gasteiger partial charge in [0.25, 0.3) is 0 Å². The summed E-state index contributed by atoms with van der Waals surface area (Å²) >= 11 is 0. The van der Waals surface area contributed by atoms with Gasteiger partial charge in [-0.15, -0.1) is 0 Å². The summed E-state index contributed by atoms with van der Waals surface area (Å²) in [7, 11) is -5.08. The van der Waals surface area contributed by atoms with Crippen LogP contribution in [0.2, 0.25) is 0 Å². The number of hydrogen-bond donors (Lipinski definition) is 5. The molecule has 2 aromatic rings. The van der Waals surface area contributed by atoms with Gasteiger partial charge in [0, 0.05) is 12.1 Å². The molecular formula is C15H12O10S. The first-order valence-electron chi connectivity index (χ1n) is 7.01. The van der Waals surface area contributed by atoms with Gasteiger partial charge in [-0.1, -0.05) is 6.07 Å². The van der Waals surface area contributed by atoms with E-state index in [0.717, 1.165) is 24.3 Å². The Morgan fingerprint density at radius 3 is 2.27 bits per heavy atom. The van der Waals surface area contributed by atoms with Crippen molar-refractivity contribution >= 4 is 16.2 Å². The Morgan fingerprint density at radius 1 is 0.962 bits per heavy atom. The van der Waals surface area contributed by atoms with Crippen molar-refractivity contribution in [1.29, 1.82) is 0 Å². The zero-order chi connectivity index (χ0) is 19.2. The maximum atomic E-state index is 12.6. The van der Waals surface area contributed by atoms with Gasteiger partial charge in [-0.3, -0.25) is 9.35 Å². The number of phenolic OH excluding ortho intramolecular Hbond substituents is 4. The summed E-state index contributed by atoms with van der Waals surface area (Å²) < 4.78 is 41.1. The SMILES string of the molecule is O=C1c2c(O)cc(O)cc2OC(c2ccc(O)c(O)c2)C1OS(=O)(=O)O. The van der Waals surface area contributed by atoms with Gasteiger partial charge in [0.15, 0.2) is 23.7 Å². The number of phenols is 4. The van der Waals surface area contributed by atoms with Crippen molar-refractivity contribution in [3.8, 4) is 28.7 Å². The quantitative estimate of drug-likeness (QED) is 0.380. The Kier molecular flexibility index (Phi) is 4.14. The summed E-state index contributed by atoms with van der Waals surface area (Å²) in [4.78, 5) is 12.6. The normalized spacial score (nSPS) is 19.7. The zero-order valence-electron chi connectivity index (χ0n) is 12.7. The second kappa shape index (κ2) is 6.05. The predicted octanol–water partition coefficient (Wildman–Crippen LogP) is 1.01. The number of fused-ring (bicyclic) bond motifs is 1. The van der Waals surface area contributed by atoms with Crippen LogP contribution in [0, 0.1) is 0 Å². The van der Waals surface area contributed by atoms with E-state index in [1.54, 1.807) is 0 Å². The molecule has 0 fully saturated rings. The van der Waals surface area contributed by atoms with Crippen molar-refractivity contribution in [1.82, 2.24) is 0 Å². The molecule has 0 aliphatic carbocycles. The average molecular weight is 384 g/mol. The number of ether oxygens (including phenoxy) is 1. The minimum Gasteiger partial charge on any atom is -0.508 e. The summed E-state index contributed by atoms with van der Waals surface area (Å²) in [5, 5.41) is 38.4. The van der Waals surface area contributed by atoms with Gasteiger partial charge in [0.2, 0.25) is 5.78 Å². The molecule has 26 heavy (non-hydrogen) atoms. The molecule has 10 nitrogen and oxygen atoms in total. The molecule has 2 aromatic carbocycles. The standard InChI is InChI=1S/C15H12O10S/c16-7-4-10(19)12-11(5-7)24-14(6-1-2-8(17)9(18)3-6)15(13(12)20)25-26(21,22)23/h1-5,14-19H,(H,21,22,23). The summed E-state index contributed by atoms with van der Waals surface area (Å²) in [5.74, 6) is -3.46. The van der Waals surface area contributed by atoms with Crippen molar-refractivity contribution in [3.05, 3.63) is 41.5 Å². The molecule has 2 unspecified atom stereocenters. The second-order valence-corrected chi connectivity index (χ2v) is 6.48. The number of hydrogen-bond acceptors (Lipinski definition) is 9. The molecule has 0 bridgehead atoms. The summed E-state index contributed by atoms with van der Waals surface area (Å²) in [6, 6.07) is 5.15. The number of carbonyl (C=O) groups is 1. The molecule has 0 aromatic heterocycles. The predicted molar refractivity (Wildman–Crippen MR) is 83.7 cm³/mol. The maximum absolute atomic E-state index is 12.6. The number of aromatic hydroxyl groups is 4. The fraction of sp³-hybridized carbons (Fsp3) is 0.133. The lowest BCUT2D eigenvalue weighted by Crippen LogP contribution is -2.39. The van der Waals surface area contributed by atoms with Crippen LogP contribution in [0.4, 0.5) is 0 Å². The second-order valence-electron chi connectivity index (χ2n) is 5.43. The number of ketones is 1. The Hall–Kier alpha value is -3.02. The van der Waals surface area contributed by atoms with Gasteiger partial charge < -0.3 is 25.2 Å². The van der Waals surface area contributed by atoms with E-state index in [-0.39, 0.29) is 11.3 Å². The van der Waals surface area contributed by atoms with Crippen molar-refractivity contribution in [2.75, 3.05) is 0 Å². The van der Waals surface area contributed by atoms with Gasteiger partial charge in [-0.2, -0.15) is 8.42 Å². The largest absolute Gasteiger partial charge is 0.508 e. The Bertz CT molecular complexity index is 998. The molecule has 3 rings (SSSR count). The van der Waals surface area contributed by atoms with Crippen LogP contribution in [0.5, 0.6) is 28.7 Å². The number of rotatable bonds is 3. The maximum Gasteiger partial charge on any atom is 0.398 e. The van der Waals surface area contributed by atoms with Crippen LogP contribution in [-0.2, 0) is 14.6 Å². The lowest BCUT2D eigenvalue weighted by atomic mass is 9.92. The monoisotopic (exact) mass is 384 g/mol. The van der Waals surface area contributed by atoms with Crippen LogP contribution < -0.4 is 4.74 Å². The highest BCUT2D eigenvalue weighted by Crippen LogP contribution is 2.43. The van der Waals surface area contributed by atoms with Crippen molar-refractivity contribution in [2.24, 2.45) is 0 Å². The minimum atomic E-state index is -5.08. The third-order valence-corrected chi connectivity index (χ3v) is 4.10. The first kappa shape index (κ1) is 17.8. The van der Waals surface area contributed by atoms with Crippen LogP contribution >= 0.6 is 0 Å². The molecule has 1 aliphatic rings. The molecule has 0 saturated heterocycles. The molecule has 11 heteroatoms. The van der Waals surface area contributed by atoms with Crippen LogP contribution in [0.3, 0.4) is 0 Å². The van der Waals surface area contributed by atoms with Crippen LogP contribution in [0.25, 0.3) is 0 Å². The van der Waals surface area contributed by atoms with E-state index in [4.69, 9.17) is 9.29 Å². The number of benzene rings is 2. The highest BCUT2D eigenvalue weighted by atomic mass is 32.3. The van der Waals surface area contributed by atoms with Crippen molar-refractivity contribution < 1.29 is 47.1 Å². The fourth-order valence-corrected chi connectivity index (χ4v) is 3.04. The first-order valence-corrected chi connectivity index (χ1v) is 8.38. The van der Waals surface area contributed by atoms with Gasteiger partial charge in [-0.25, -0.2) is 4.18 Å². The minimum absolute atomic E-state index is 0.0239. The fourth-order valence-electron chi connectivity index (χ4n) is 2.59. The Labute approximate surface area is 146 Å². The summed E-state index contributed by atoms with van der Waals surface area (Å²) in [6.45, 7) is 0. The Morgan fingerprint density at radius 2 is 1.65 bits per heavy atom. The van der Waals surface area contributed by atoms with E-state index < -0.39 is 57.0 Å². The summed E-state index contributed by atoms with van der Waals surface area (Å²) in [6.07, 6.45) is -3.42. The Balaban J connectivity index is 2.16. The molecule has 2 atom stereocenters. The smallest absolute Gasteiger partial charge is 0.398 e. The first-order chi connectivity index (χ1) is 12.1.